The molecule has 0 aliphatic heterocycles. The van der Waals surface area contributed by atoms with Gasteiger partial charge in [-0.05, 0) is 12.5 Å². The van der Waals surface area contributed by atoms with Crippen LogP contribution in [0.2, 0.25) is 0 Å². The van der Waals surface area contributed by atoms with E-state index in [1.54, 1.807) is 23.3 Å². The molecule has 0 aliphatic carbocycles. The Balaban J connectivity index is 1.45. The summed E-state index contributed by atoms with van der Waals surface area (Å²) in [5.74, 6) is 1.61. The number of aromatic nitrogens is 7. The van der Waals surface area contributed by atoms with Crippen molar-refractivity contribution >= 4 is 17.7 Å². The van der Waals surface area contributed by atoms with Gasteiger partial charge in [-0.2, -0.15) is 5.10 Å². The number of oxazole rings is 1. The predicted octanol–water partition coefficient (Wildman–Crippen LogP) is 1.62. The lowest BCUT2D eigenvalue weighted by Crippen LogP contribution is -2.26. The van der Waals surface area contributed by atoms with E-state index in [2.05, 4.69) is 35.7 Å². The second-order valence-corrected chi connectivity index (χ2v) is 6.69. The molecule has 4 heterocycles. The quantitative estimate of drug-likeness (QED) is 0.473. The molecule has 0 fully saturated rings. The highest BCUT2D eigenvalue weighted by atomic mass is 16.4. The number of amides is 1. The summed E-state index contributed by atoms with van der Waals surface area (Å²) in [5, 5.41) is 9.99. The third kappa shape index (κ3) is 4.04. The normalized spacial score (nSPS) is 10.9. The molecule has 11 nitrogen and oxygen atoms in total. The van der Waals surface area contributed by atoms with Gasteiger partial charge in [0.2, 0.25) is 5.95 Å². The minimum Gasteiger partial charge on any atom is -0.440 e. The lowest BCUT2D eigenvalue weighted by atomic mass is 10.2. The number of carbonyl (C=O) groups is 1. The summed E-state index contributed by atoms with van der Waals surface area (Å²) < 4.78 is 8.95. The largest absolute Gasteiger partial charge is 0.440 e. The lowest BCUT2D eigenvalue weighted by Gasteiger charge is -2.07. The molecule has 30 heavy (non-hydrogen) atoms. The molecule has 0 radical (unpaired) electrons. The number of nitrogens with one attached hydrogen (secondary N) is 2. The Labute approximate surface area is 172 Å². The first-order chi connectivity index (χ1) is 14.5. The number of rotatable bonds is 7. The van der Waals surface area contributed by atoms with Crippen LogP contribution < -0.4 is 10.6 Å². The van der Waals surface area contributed by atoms with Crippen LogP contribution in [0.25, 0.3) is 11.4 Å². The molecule has 154 valence electrons. The van der Waals surface area contributed by atoms with Gasteiger partial charge in [-0.25, -0.2) is 19.9 Å². The highest BCUT2D eigenvalue weighted by Crippen LogP contribution is 2.22. The van der Waals surface area contributed by atoms with Crippen LogP contribution in [0.5, 0.6) is 0 Å². The molecule has 0 saturated carbocycles. The smallest absolute Gasteiger partial charge is 0.307 e. The summed E-state index contributed by atoms with van der Waals surface area (Å²) in [4.78, 5) is 29.7. The Morgan fingerprint density at radius 2 is 2.07 bits per heavy atom. The summed E-state index contributed by atoms with van der Waals surface area (Å²) in [7, 11) is 3.72. The third-order valence-electron chi connectivity index (χ3n) is 4.53. The Morgan fingerprint density at radius 1 is 1.20 bits per heavy atom. The van der Waals surface area contributed by atoms with Gasteiger partial charge >= 0.3 is 5.91 Å². The fraction of sp³-hybridized carbons (Fsp3) is 0.263. The van der Waals surface area contributed by atoms with Gasteiger partial charge in [0.1, 0.15) is 29.3 Å². The zero-order valence-corrected chi connectivity index (χ0v) is 16.8. The van der Waals surface area contributed by atoms with E-state index >= 15 is 0 Å². The standard InChI is InChI=1S/C19H21N9O2/c1-12-10-22-19(25-15-5-7-23-28(15)3)26-16(12)13-11-30-18(24-13)17(29)21-6-4-14-20-8-9-27(14)2/h5,7-11H,4,6H2,1-3H3,(H,21,29)(H,22,25,26). The van der Waals surface area contributed by atoms with Crippen LogP contribution in [0.15, 0.2) is 41.5 Å². The maximum absolute atomic E-state index is 12.4. The van der Waals surface area contributed by atoms with Gasteiger partial charge in [0.25, 0.3) is 5.89 Å². The topological polar surface area (TPSA) is 129 Å². The van der Waals surface area contributed by atoms with Crippen molar-refractivity contribution in [3.63, 3.8) is 0 Å². The molecular formula is C19H21N9O2. The molecule has 0 aliphatic rings. The molecule has 11 heteroatoms. The van der Waals surface area contributed by atoms with Crippen LogP contribution in [-0.2, 0) is 20.5 Å². The Bertz CT molecular complexity index is 1170. The fourth-order valence-electron chi connectivity index (χ4n) is 2.86. The van der Waals surface area contributed by atoms with Crippen LogP contribution >= 0.6 is 0 Å². The number of anilines is 2. The Morgan fingerprint density at radius 3 is 2.80 bits per heavy atom. The van der Waals surface area contributed by atoms with Crippen LogP contribution in [-0.4, -0.2) is 46.7 Å². The fourth-order valence-corrected chi connectivity index (χ4v) is 2.86. The molecule has 0 bridgehead atoms. The summed E-state index contributed by atoms with van der Waals surface area (Å²) >= 11 is 0. The maximum Gasteiger partial charge on any atom is 0.307 e. The molecule has 2 N–H and O–H groups in total. The van der Waals surface area contributed by atoms with E-state index in [0.29, 0.717) is 30.3 Å². The number of hydrogen-bond acceptors (Lipinski definition) is 8. The zero-order valence-electron chi connectivity index (χ0n) is 16.8. The van der Waals surface area contributed by atoms with Crippen LogP contribution in [0.4, 0.5) is 11.8 Å². The van der Waals surface area contributed by atoms with Gasteiger partial charge < -0.3 is 19.6 Å². The van der Waals surface area contributed by atoms with Crippen molar-refractivity contribution in [1.82, 2.24) is 39.6 Å². The third-order valence-corrected chi connectivity index (χ3v) is 4.53. The van der Waals surface area contributed by atoms with Crippen molar-refractivity contribution in [3.8, 4) is 11.4 Å². The number of nitrogens with zero attached hydrogens (tertiary/aromatic N) is 7. The van der Waals surface area contributed by atoms with Gasteiger partial charge in [0.15, 0.2) is 0 Å². The molecule has 4 aromatic rings. The molecule has 0 atom stereocenters. The predicted molar refractivity (Wildman–Crippen MR) is 108 cm³/mol. The molecule has 0 aromatic carbocycles. The highest BCUT2D eigenvalue weighted by molar-refractivity contribution is 5.90. The molecule has 0 spiro atoms. The Kier molecular flexibility index (Phi) is 5.24. The molecule has 4 aromatic heterocycles. The monoisotopic (exact) mass is 407 g/mol. The van der Waals surface area contributed by atoms with E-state index in [1.165, 1.54) is 6.26 Å². The number of hydrogen-bond donors (Lipinski definition) is 2. The van der Waals surface area contributed by atoms with Crippen LogP contribution in [0.1, 0.15) is 22.1 Å². The maximum atomic E-state index is 12.4. The van der Waals surface area contributed by atoms with Crippen molar-refractivity contribution in [1.29, 1.82) is 0 Å². The molecule has 4 rings (SSSR count). The average molecular weight is 407 g/mol. The SMILES string of the molecule is Cc1cnc(Nc2ccnn2C)nc1-c1coc(C(=O)NCCc2nccn2C)n1. The van der Waals surface area contributed by atoms with Crippen molar-refractivity contribution in [2.75, 3.05) is 11.9 Å². The first-order valence-electron chi connectivity index (χ1n) is 9.30. The zero-order chi connectivity index (χ0) is 21.1. The van der Waals surface area contributed by atoms with Crippen molar-refractivity contribution in [2.24, 2.45) is 14.1 Å². The molecular weight excluding hydrogens is 386 g/mol. The van der Waals surface area contributed by atoms with E-state index < -0.39 is 5.91 Å². The molecule has 1 amide bonds. The minimum atomic E-state index is -0.393. The number of carbonyl (C=O) groups excluding carboxylic acids is 1. The summed E-state index contributed by atoms with van der Waals surface area (Å²) in [6.45, 7) is 2.29. The number of imidazole rings is 1. The lowest BCUT2D eigenvalue weighted by molar-refractivity contribution is 0.0919. The first kappa shape index (κ1) is 19.3. The van der Waals surface area contributed by atoms with Crippen LogP contribution in [0, 0.1) is 6.92 Å². The van der Waals surface area contributed by atoms with E-state index in [1.807, 2.05) is 37.8 Å². The first-order valence-corrected chi connectivity index (χ1v) is 9.30. The second kappa shape index (κ2) is 8.15. The summed E-state index contributed by atoms with van der Waals surface area (Å²) in [5.41, 5.74) is 1.84. The second-order valence-electron chi connectivity index (χ2n) is 6.69. The summed E-state index contributed by atoms with van der Waals surface area (Å²) in [6, 6.07) is 1.81. The Hall–Kier alpha value is -4.02. The molecule has 0 saturated heterocycles. The van der Waals surface area contributed by atoms with E-state index in [-0.39, 0.29) is 5.89 Å². The van der Waals surface area contributed by atoms with Crippen LogP contribution in [0.3, 0.4) is 0 Å². The minimum absolute atomic E-state index is 0.0241. The van der Waals surface area contributed by atoms with Crippen molar-refractivity contribution in [2.45, 2.75) is 13.3 Å². The van der Waals surface area contributed by atoms with E-state index in [0.717, 1.165) is 17.2 Å². The van der Waals surface area contributed by atoms with Crippen molar-refractivity contribution < 1.29 is 9.21 Å². The molecule has 0 unspecified atom stereocenters. The highest BCUT2D eigenvalue weighted by Gasteiger charge is 2.17. The van der Waals surface area contributed by atoms with Gasteiger partial charge in [0.05, 0.1) is 6.20 Å². The van der Waals surface area contributed by atoms with E-state index in [4.69, 9.17) is 4.42 Å². The average Bonchev–Trinajstić information content (AvgIpc) is 3.46. The van der Waals surface area contributed by atoms with Gasteiger partial charge in [-0.15, -0.1) is 0 Å². The van der Waals surface area contributed by atoms with Gasteiger partial charge in [-0.1, -0.05) is 0 Å². The van der Waals surface area contributed by atoms with Crippen molar-refractivity contribution in [3.05, 3.63) is 54.4 Å². The van der Waals surface area contributed by atoms with E-state index in [9.17, 15) is 4.79 Å². The van der Waals surface area contributed by atoms with Gasteiger partial charge in [0, 0.05) is 51.7 Å². The summed E-state index contributed by atoms with van der Waals surface area (Å²) in [6.07, 6.45) is 8.96. The van der Waals surface area contributed by atoms with Gasteiger partial charge in [-0.3, -0.25) is 9.48 Å². The number of aryl methyl sites for hydroxylation is 3.